The van der Waals surface area contributed by atoms with E-state index in [-0.39, 0.29) is 12.5 Å². The molecule has 6 nitrogen and oxygen atoms in total. The number of hydrogen-bond donors (Lipinski definition) is 0. The minimum absolute atomic E-state index is 0.0530. The second-order valence-electron chi connectivity index (χ2n) is 8.56. The molecule has 3 aromatic rings. The summed E-state index contributed by atoms with van der Waals surface area (Å²) in [5, 5.41) is 0.623. The number of nitrogens with zero attached hydrogens (tertiary/aromatic N) is 2. The van der Waals surface area contributed by atoms with Gasteiger partial charge in [-0.2, -0.15) is 0 Å². The Kier molecular flexibility index (Phi) is 7.18. The molecule has 0 spiro atoms. The molecule has 1 atom stereocenters. The second kappa shape index (κ2) is 10.8. The summed E-state index contributed by atoms with van der Waals surface area (Å²) in [5.74, 6) is 0.856. The minimum Gasteiger partial charge on any atom is -0.489 e. The zero-order valence-corrected chi connectivity index (χ0v) is 20.7. The van der Waals surface area contributed by atoms with Crippen LogP contribution in [-0.4, -0.2) is 27.7 Å². The molecule has 0 bridgehead atoms. The van der Waals surface area contributed by atoms with Crippen molar-refractivity contribution in [2.75, 3.05) is 5.75 Å². The molecule has 2 aliphatic rings. The van der Waals surface area contributed by atoms with Crippen molar-refractivity contribution in [2.45, 2.75) is 32.6 Å². The largest absolute Gasteiger partial charge is 0.489 e. The summed E-state index contributed by atoms with van der Waals surface area (Å²) in [7, 11) is 0. The maximum absolute atomic E-state index is 13.4. The molecule has 5 rings (SSSR count). The van der Waals surface area contributed by atoms with Gasteiger partial charge in [0.1, 0.15) is 19.0 Å². The summed E-state index contributed by atoms with van der Waals surface area (Å²) in [4.78, 5) is 32.6. The first-order valence-corrected chi connectivity index (χ1v) is 12.8. The predicted molar refractivity (Wildman–Crippen MR) is 140 cm³/mol. The Morgan fingerprint density at radius 2 is 1.58 bits per heavy atom. The number of carbonyl (C=O) groups excluding carboxylic acids is 2. The van der Waals surface area contributed by atoms with E-state index >= 15 is 0 Å². The molecule has 182 valence electrons. The highest BCUT2D eigenvalue weighted by atomic mass is 32.2. The van der Waals surface area contributed by atoms with Gasteiger partial charge in [0, 0.05) is 12.2 Å². The third-order valence-electron chi connectivity index (χ3n) is 6.08. The first kappa shape index (κ1) is 23.9. The smallest absolute Gasteiger partial charge is 0.338 e. The van der Waals surface area contributed by atoms with Crippen molar-refractivity contribution in [3.8, 4) is 5.75 Å². The Morgan fingerprint density at radius 3 is 2.25 bits per heavy atom. The molecule has 1 fully saturated rings. The highest BCUT2D eigenvalue weighted by Crippen LogP contribution is 2.40. The van der Waals surface area contributed by atoms with Crippen LogP contribution in [0.15, 0.2) is 101 Å². The number of amidine groups is 1. The lowest BCUT2D eigenvalue weighted by Crippen LogP contribution is -2.45. The van der Waals surface area contributed by atoms with Crippen molar-refractivity contribution in [3.05, 3.63) is 113 Å². The number of hydrogen-bond acceptors (Lipinski definition) is 6. The number of fused-ring (bicyclic) bond motifs is 1. The first-order chi connectivity index (χ1) is 17.6. The van der Waals surface area contributed by atoms with Crippen molar-refractivity contribution >= 4 is 28.8 Å². The van der Waals surface area contributed by atoms with E-state index in [0.717, 1.165) is 16.7 Å². The molecule has 0 saturated carbocycles. The molecule has 0 unspecified atom stereocenters. The number of rotatable bonds is 7. The SMILES string of the molecule is CC1=C(C(=O)OCc2ccccc2)[C@@H](c2ccc(OCc3ccccc3)cc2)N2C(=O)CCSC2=N1. The molecule has 1 saturated heterocycles. The summed E-state index contributed by atoms with van der Waals surface area (Å²) < 4.78 is 11.6. The number of aliphatic imine (C=N–C) groups is 1. The third-order valence-corrected chi connectivity index (χ3v) is 7.04. The van der Waals surface area contributed by atoms with E-state index in [1.165, 1.54) is 11.8 Å². The average molecular weight is 499 g/mol. The maximum atomic E-state index is 13.4. The van der Waals surface area contributed by atoms with Crippen LogP contribution in [0.25, 0.3) is 0 Å². The molecule has 0 aromatic heterocycles. The predicted octanol–water partition coefficient (Wildman–Crippen LogP) is 5.66. The van der Waals surface area contributed by atoms with Crippen LogP contribution in [0.5, 0.6) is 5.75 Å². The standard InChI is InChI=1S/C29H26N2O4S/c1-20-26(28(33)35-19-22-10-6-3-7-11-22)27(31-25(32)16-17-36-29(31)30-20)23-12-14-24(15-13-23)34-18-21-8-4-2-5-9-21/h2-15,27H,16-19H2,1H3/t27-/m1/s1. The van der Waals surface area contributed by atoms with Gasteiger partial charge in [0.15, 0.2) is 5.17 Å². The Morgan fingerprint density at radius 1 is 0.944 bits per heavy atom. The van der Waals surface area contributed by atoms with Crippen LogP contribution < -0.4 is 4.74 Å². The number of carbonyl (C=O) groups is 2. The van der Waals surface area contributed by atoms with E-state index in [0.29, 0.717) is 41.0 Å². The molecule has 0 radical (unpaired) electrons. The number of esters is 1. The number of benzene rings is 3. The van der Waals surface area contributed by atoms with Crippen molar-refractivity contribution < 1.29 is 19.1 Å². The van der Waals surface area contributed by atoms with E-state index in [1.54, 1.807) is 11.8 Å². The van der Waals surface area contributed by atoms with Crippen molar-refractivity contribution in [1.82, 2.24) is 4.90 Å². The summed E-state index contributed by atoms with van der Waals surface area (Å²) in [5.41, 5.74) is 3.72. The Bertz CT molecular complexity index is 1300. The normalized spacial score (nSPS) is 17.4. The van der Waals surface area contributed by atoms with Gasteiger partial charge in [-0.05, 0) is 35.7 Å². The molecule has 2 aliphatic heterocycles. The third kappa shape index (κ3) is 5.21. The van der Waals surface area contributed by atoms with Crippen molar-refractivity contribution in [1.29, 1.82) is 0 Å². The first-order valence-electron chi connectivity index (χ1n) is 11.8. The van der Waals surface area contributed by atoms with Gasteiger partial charge in [-0.3, -0.25) is 9.69 Å². The maximum Gasteiger partial charge on any atom is 0.338 e. The van der Waals surface area contributed by atoms with Gasteiger partial charge >= 0.3 is 5.97 Å². The molecule has 1 amide bonds. The van der Waals surface area contributed by atoms with Crippen LogP contribution in [0.4, 0.5) is 0 Å². The number of allylic oxidation sites excluding steroid dienone is 1. The zero-order valence-electron chi connectivity index (χ0n) is 19.9. The van der Waals surface area contributed by atoms with Gasteiger partial charge < -0.3 is 9.47 Å². The van der Waals surface area contributed by atoms with E-state index < -0.39 is 12.0 Å². The summed E-state index contributed by atoms with van der Waals surface area (Å²) in [6.07, 6.45) is 0.393. The summed E-state index contributed by atoms with van der Waals surface area (Å²) >= 11 is 1.53. The molecular weight excluding hydrogens is 472 g/mol. The Labute approximate surface area is 214 Å². The van der Waals surface area contributed by atoms with E-state index in [2.05, 4.69) is 4.99 Å². The lowest BCUT2D eigenvalue weighted by Gasteiger charge is -2.38. The van der Waals surface area contributed by atoms with Crippen LogP contribution in [0.3, 0.4) is 0 Å². The summed E-state index contributed by atoms with van der Waals surface area (Å²) in [6, 6.07) is 26.4. The fourth-order valence-electron chi connectivity index (χ4n) is 4.26. The number of amides is 1. The lowest BCUT2D eigenvalue weighted by molar-refractivity contribution is -0.141. The fourth-order valence-corrected chi connectivity index (χ4v) is 5.27. The molecule has 3 aromatic carbocycles. The van der Waals surface area contributed by atoms with Gasteiger partial charge in [-0.1, -0.05) is 84.6 Å². The number of ether oxygens (including phenoxy) is 2. The van der Waals surface area contributed by atoms with Gasteiger partial charge in [-0.25, -0.2) is 9.79 Å². The van der Waals surface area contributed by atoms with Crippen LogP contribution in [0.2, 0.25) is 0 Å². The van der Waals surface area contributed by atoms with Gasteiger partial charge in [0.05, 0.1) is 17.3 Å². The lowest BCUT2D eigenvalue weighted by atomic mass is 9.94. The van der Waals surface area contributed by atoms with Crippen LogP contribution >= 0.6 is 11.8 Å². The second-order valence-corrected chi connectivity index (χ2v) is 9.63. The van der Waals surface area contributed by atoms with Gasteiger partial charge in [-0.15, -0.1) is 0 Å². The molecule has 2 heterocycles. The average Bonchev–Trinajstić information content (AvgIpc) is 2.91. The van der Waals surface area contributed by atoms with Crippen molar-refractivity contribution in [3.63, 3.8) is 0 Å². The Hall–Kier alpha value is -3.84. The monoisotopic (exact) mass is 498 g/mol. The molecular formula is C29H26N2O4S. The molecule has 36 heavy (non-hydrogen) atoms. The zero-order chi connectivity index (χ0) is 24.9. The summed E-state index contributed by atoms with van der Waals surface area (Å²) in [6.45, 7) is 2.40. The Balaban J connectivity index is 1.41. The molecule has 7 heteroatoms. The minimum atomic E-state index is -0.607. The molecule has 0 N–H and O–H groups in total. The van der Waals surface area contributed by atoms with Crippen LogP contribution in [0.1, 0.15) is 36.1 Å². The highest BCUT2D eigenvalue weighted by Gasteiger charge is 2.41. The topological polar surface area (TPSA) is 68.2 Å². The van der Waals surface area contributed by atoms with Crippen LogP contribution in [0, 0.1) is 0 Å². The fraction of sp³-hybridized carbons (Fsp3) is 0.207. The van der Waals surface area contributed by atoms with E-state index in [1.807, 2.05) is 84.9 Å². The highest BCUT2D eigenvalue weighted by molar-refractivity contribution is 8.14. The quantitative estimate of drug-likeness (QED) is 0.393. The van der Waals surface area contributed by atoms with Crippen molar-refractivity contribution in [2.24, 2.45) is 4.99 Å². The molecule has 0 aliphatic carbocycles. The van der Waals surface area contributed by atoms with Gasteiger partial charge in [0.2, 0.25) is 5.91 Å². The van der Waals surface area contributed by atoms with Crippen LogP contribution in [-0.2, 0) is 27.5 Å². The van der Waals surface area contributed by atoms with E-state index in [9.17, 15) is 9.59 Å². The van der Waals surface area contributed by atoms with E-state index in [4.69, 9.17) is 9.47 Å². The van der Waals surface area contributed by atoms with Gasteiger partial charge in [0.25, 0.3) is 0 Å². The number of thioether (sulfide) groups is 1.